The Balaban J connectivity index is 2.27. The molecule has 1 N–H and O–H groups in total. The SMILES string of the molecule is CCC(NC)C(C)c1nc(-c2ccncc2C)no1. The van der Waals surface area contributed by atoms with Gasteiger partial charge in [0.25, 0.3) is 0 Å². The first kappa shape index (κ1) is 13.7. The number of aryl methyl sites for hydroxylation is 1. The predicted octanol–water partition coefficient (Wildman–Crippen LogP) is 2.54. The van der Waals surface area contributed by atoms with Crippen molar-refractivity contribution in [3.05, 3.63) is 29.9 Å². The summed E-state index contributed by atoms with van der Waals surface area (Å²) in [5.41, 5.74) is 2.01. The summed E-state index contributed by atoms with van der Waals surface area (Å²) in [7, 11) is 1.95. The molecule has 2 atom stereocenters. The second-order valence-electron chi connectivity index (χ2n) is 4.74. The molecular formula is C14H20N4O. The van der Waals surface area contributed by atoms with Gasteiger partial charge in [-0.3, -0.25) is 4.98 Å². The molecule has 0 saturated carbocycles. The van der Waals surface area contributed by atoms with E-state index in [4.69, 9.17) is 4.52 Å². The molecule has 19 heavy (non-hydrogen) atoms. The van der Waals surface area contributed by atoms with Crippen molar-refractivity contribution >= 4 is 0 Å². The second-order valence-corrected chi connectivity index (χ2v) is 4.74. The Kier molecular flexibility index (Phi) is 4.27. The van der Waals surface area contributed by atoms with E-state index in [0.29, 0.717) is 17.8 Å². The van der Waals surface area contributed by atoms with E-state index in [1.807, 2.05) is 20.0 Å². The van der Waals surface area contributed by atoms with Gasteiger partial charge in [-0.25, -0.2) is 0 Å². The molecule has 5 heteroatoms. The molecule has 0 aromatic carbocycles. The lowest BCUT2D eigenvalue weighted by Gasteiger charge is -2.18. The highest BCUT2D eigenvalue weighted by Gasteiger charge is 2.22. The van der Waals surface area contributed by atoms with Crippen LogP contribution in [-0.2, 0) is 0 Å². The molecule has 2 rings (SSSR count). The molecule has 0 aliphatic carbocycles. The monoisotopic (exact) mass is 260 g/mol. The molecule has 102 valence electrons. The second kappa shape index (κ2) is 5.93. The van der Waals surface area contributed by atoms with Crippen molar-refractivity contribution in [1.82, 2.24) is 20.4 Å². The zero-order valence-electron chi connectivity index (χ0n) is 11.8. The summed E-state index contributed by atoms with van der Waals surface area (Å²) in [6.45, 7) is 6.23. The van der Waals surface area contributed by atoms with Crippen molar-refractivity contribution in [2.45, 2.75) is 39.2 Å². The van der Waals surface area contributed by atoms with E-state index in [-0.39, 0.29) is 5.92 Å². The lowest BCUT2D eigenvalue weighted by atomic mass is 10.00. The largest absolute Gasteiger partial charge is 0.339 e. The Bertz CT molecular complexity index is 534. The third-order valence-electron chi connectivity index (χ3n) is 3.51. The van der Waals surface area contributed by atoms with Crippen LogP contribution in [0.15, 0.2) is 23.0 Å². The molecule has 0 fully saturated rings. The summed E-state index contributed by atoms with van der Waals surface area (Å²) >= 11 is 0. The highest BCUT2D eigenvalue weighted by Crippen LogP contribution is 2.24. The van der Waals surface area contributed by atoms with Crippen LogP contribution in [0.25, 0.3) is 11.4 Å². The number of rotatable bonds is 5. The molecule has 0 amide bonds. The summed E-state index contributed by atoms with van der Waals surface area (Å²) < 4.78 is 5.40. The number of nitrogens with zero attached hydrogens (tertiary/aromatic N) is 3. The maximum absolute atomic E-state index is 5.40. The normalized spacial score (nSPS) is 14.3. The van der Waals surface area contributed by atoms with Crippen LogP contribution in [0.4, 0.5) is 0 Å². The standard InChI is InChI=1S/C14H20N4O/c1-5-12(15-4)10(3)14-17-13(18-19-14)11-6-7-16-8-9(11)2/h6-8,10,12,15H,5H2,1-4H3. The van der Waals surface area contributed by atoms with Crippen LogP contribution in [0.2, 0.25) is 0 Å². The molecule has 0 saturated heterocycles. The highest BCUT2D eigenvalue weighted by atomic mass is 16.5. The Morgan fingerprint density at radius 3 is 2.84 bits per heavy atom. The van der Waals surface area contributed by atoms with Crippen LogP contribution in [0.1, 0.15) is 37.6 Å². The first-order valence-corrected chi connectivity index (χ1v) is 6.59. The molecule has 2 aromatic rings. The third-order valence-corrected chi connectivity index (χ3v) is 3.51. The summed E-state index contributed by atoms with van der Waals surface area (Å²) in [5.74, 6) is 1.50. The first-order valence-electron chi connectivity index (χ1n) is 6.59. The van der Waals surface area contributed by atoms with E-state index in [2.05, 4.69) is 34.3 Å². The molecule has 0 aliphatic rings. The Hall–Kier alpha value is -1.75. The average Bonchev–Trinajstić information content (AvgIpc) is 2.90. The number of pyridine rings is 1. The Morgan fingerprint density at radius 2 is 2.21 bits per heavy atom. The molecule has 0 spiro atoms. The summed E-state index contributed by atoms with van der Waals surface area (Å²) in [6, 6.07) is 2.25. The van der Waals surface area contributed by atoms with Gasteiger partial charge in [-0.15, -0.1) is 0 Å². The molecule has 0 bridgehead atoms. The van der Waals surface area contributed by atoms with Gasteiger partial charge in [0, 0.05) is 24.0 Å². The summed E-state index contributed by atoms with van der Waals surface area (Å²) in [6.07, 6.45) is 4.56. The summed E-state index contributed by atoms with van der Waals surface area (Å²) in [4.78, 5) is 8.58. The van der Waals surface area contributed by atoms with E-state index in [9.17, 15) is 0 Å². The van der Waals surface area contributed by atoms with Gasteiger partial charge in [-0.1, -0.05) is 19.0 Å². The van der Waals surface area contributed by atoms with Crippen molar-refractivity contribution in [2.75, 3.05) is 7.05 Å². The van der Waals surface area contributed by atoms with Gasteiger partial charge in [0.1, 0.15) is 0 Å². The van der Waals surface area contributed by atoms with Crippen LogP contribution in [0.5, 0.6) is 0 Å². The van der Waals surface area contributed by atoms with E-state index in [1.165, 1.54) is 0 Å². The Labute approximate surface area is 113 Å². The number of hydrogen-bond acceptors (Lipinski definition) is 5. The van der Waals surface area contributed by atoms with Crippen molar-refractivity contribution < 1.29 is 4.52 Å². The third kappa shape index (κ3) is 2.81. The van der Waals surface area contributed by atoms with E-state index < -0.39 is 0 Å². The van der Waals surface area contributed by atoms with Crippen LogP contribution < -0.4 is 5.32 Å². The van der Waals surface area contributed by atoms with Crippen LogP contribution in [0.3, 0.4) is 0 Å². The molecule has 0 radical (unpaired) electrons. The van der Waals surface area contributed by atoms with Gasteiger partial charge in [0.05, 0.1) is 5.92 Å². The van der Waals surface area contributed by atoms with Gasteiger partial charge in [-0.2, -0.15) is 4.98 Å². The van der Waals surface area contributed by atoms with Gasteiger partial charge >= 0.3 is 0 Å². The predicted molar refractivity (Wildman–Crippen MR) is 73.8 cm³/mol. The van der Waals surface area contributed by atoms with E-state index in [1.54, 1.807) is 12.4 Å². The maximum Gasteiger partial charge on any atom is 0.231 e. The topological polar surface area (TPSA) is 63.8 Å². The van der Waals surface area contributed by atoms with Crippen molar-refractivity contribution in [2.24, 2.45) is 0 Å². The minimum Gasteiger partial charge on any atom is -0.339 e. The fourth-order valence-corrected chi connectivity index (χ4v) is 2.23. The minimum atomic E-state index is 0.193. The average molecular weight is 260 g/mol. The molecule has 2 unspecified atom stereocenters. The van der Waals surface area contributed by atoms with Gasteiger partial charge in [-0.05, 0) is 32.0 Å². The number of aromatic nitrogens is 3. The lowest BCUT2D eigenvalue weighted by Crippen LogP contribution is -2.30. The van der Waals surface area contributed by atoms with Crippen molar-refractivity contribution in [1.29, 1.82) is 0 Å². The first-order chi connectivity index (χ1) is 9.17. The van der Waals surface area contributed by atoms with Crippen LogP contribution in [-0.4, -0.2) is 28.2 Å². The zero-order chi connectivity index (χ0) is 13.8. The molecule has 5 nitrogen and oxygen atoms in total. The van der Waals surface area contributed by atoms with Crippen molar-refractivity contribution in [3.8, 4) is 11.4 Å². The van der Waals surface area contributed by atoms with Gasteiger partial charge in [0.15, 0.2) is 0 Å². The molecule has 2 heterocycles. The van der Waals surface area contributed by atoms with Gasteiger partial charge < -0.3 is 9.84 Å². The minimum absolute atomic E-state index is 0.193. The summed E-state index contributed by atoms with van der Waals surface area (Å²) in [5, 5.41) is 7.35. The molecule has 2 aromatic heterocycles. The van der Waals surface area contributed by atoms with Crippen LogP contribution >= 0.6 is 0 Å². The maximum atomic E-state index is 5.40. The number of likely N-dealkylation sites (N-methyl/N-ethyl adjacent to an activating group) is 1. The van der Waals surface area contributed by atoms with Gasteiger partial charge in [0.2, 0.25) is 11.7 Å². The highest BCUT2D eigenvalue weighted by molar-refractivity contribution is 5.57. The zero-order valence-corrected chi connectivity index (χ0v) is 11.8. The van der Waals surface area contributed by atoms with E-state index >= 15 is 0 Å². The van der Waals surface area contributed by atoms with Crippen molar-refractivity contribution in [3.63, 3.8) is 0 Å². The molecule has 0 aliphatic heterocycles. The van der Waals surface area contributed by atoms with E-state index in [0.717, 1.165) is 17.5 Å². The molecular weight excluding hydrogens is 240 g/mol. The Morgan fingerprint density at radius 1 is 1.42 bits per heavy atom. The quantitative estimate of drug-likeness (QED) is 0.895. The fraction of sp³-hybridized carbons (Fsp3) is 0.500. The number of nitrogens with one attached hydrogen (secondary N) is 1. The fourth-order valence-electron chi connectivity index (χ4n) is 2.23. The lowest BCUT2D eigenvalue weighted by molar-refractivity contribution is 0.326. The number of hydrogen-bond donors (Lipinski definition) is 1. The smallest absolute Gasteiger partial charge is 0.231 e. The van der Waals surface area contributed by atoms with Crippen LogP contribution in [0, 0.1) is 6.92 Å².